The quantitative estimate of drug-likeness (QED) is 0.473. The highest BCUT2D eigenvalue weighted by Crippen LogP contribution is 2.33. The van der Waals surface area contributed by atoms with Gasteiger partial charge in [-0.3, -0.25) is 14.4 Å². The van der Waals surface area contributed by atoms with Gasteiger partial charge in [-0.15, -0.1) is 5.10 Å². The summed E-state index contributed by atoms with van der Waals surface area (Å²) in [6.07, 6.45) is 2.94. The van der Waals surface area contributed by atoms with Gasteiger partial charge in [0, 0.05) is 38.4 Å². The number of nitrogens with zero attached hydrogens (tertiary/aromatic N) is 5. The summed E-state index contributed by atoms with van der Waals surface area (Å²) in [5.41, 5.74) is 4.88. The number of morpholine rings is 1. The highest BCUT2D eigenvalue weighted by Gasteiger charge is 2.21. The van der Waals surface area contributed by atoms with E-state index < -0.39 is 0 Å². The van der Waals surface area contributed by atoms with E-state index in [-0.39, 0.29) is 5.91 Å². The second kappa shape index (κ2) is 11.6. The van der Waals surface area contributed by atoms with Crippen LogP contribution in [0, 0.1) is 0 Å². The molecule has 3 aromatic rings. The van der Waals surface area contributed by atoms with E-state index in [0.29, 0.717) is 38.4 Å². The predicted octanol–water partition coefficient (Wildman–Crippen LogP) is 2.44. The van der Waals surface area contributed by atoms with Gasteiger partial charge in [0.15, 0.2) is 11.5 Å². The molecule has 1 saturated heterocycles. The number of para-hydroxylation sites is 1. The van der Waals surface area contributed by atoms with Crippen molar-refractivity contribution in [1.29, 1.82) is 0 Å². The van der Waals surface area contributed by atoms with E-state index in [2.05, 4.69) is 32.7 Å². The minimum atomic E-state index is 0.0224. The first-order chi connectivity index (χ1) is 18.1. The molecule has 10 heteroatoms. The molecule has 5 rings (SSSR count). The first-order valence-electron chi connectivity index (χ1n) is 12.7. The fraction of sp³-hybridized carbons (Fsp3) is 0.444. The van der Waals surface area contributed by atoms with Gasteiger partial charge >= 0.3 is 0 Å². The first-order valence-corrected chi connectivity index (χ1v) is 12.7. The van der Waals surface area contributed by atoms with Crippen molar-refractivity contribution in [1.82, 2.24) is 24.8 Å². The molecule has 37 heavy (non-hydrogen) atoms. The SMILES string of the molecule is COc1cc2c(cc1OC)CN(CCn1cc(CNc3ccccc3C(=O)N3CCOCC3)nn1)CC2. The standard InChI is InChI=1S/C27H34N6O4/c1-35-25-15-20-7-8-31(18-21(20)16-26(25)36-2)9-10-33-19-22(29-30-33)17-28-24-6-4-3-5-23(24)27(34)32-11-13-37-14-12-32/h3-6,15-16,19,28H,7-14,17-18H2,1-2H3. The maximum Gasteiger partial charge on any atom is 0.256 e. The summed E-state index contributed by atoms with van der Waals surface area (Å²) in [6.45, 7) is 6.37. The van der Waals surface area contributed by atoms with Gasteiger partial charge < -0.3 is 24.4 Å². The van der Waals surface area contributed by atoms with Crippen LogP contribution in [0.1, 0.15) is 27.2 Å². The third-order valence-corrected chi connectivity index (χ3v) is 6.94. The molecule has 2 aromatic carbocycles. The van der Waals surface area contributed by atoms with Crippen LogP contribution in [-0.4, -0.2) is 84.3 Å². The van der Waals surface area contributed by atoms with Gasteiger partial charge in [0.1, 0.15) is 5.69 Å². The number of ether oxygens (including phenoxy) is 3. The number of carbonyl (C=O) groups excluding carboxylic acids is 1. The van der Waals surface area contributed by atoms with Crippen LogP contribution in [-0.2, 0) is 30.8 Å². The molecule has 196 valence electrons. The van der Waals surface area contributed by atoms with E-state index >= 15 is 0 Å². The Morgan fingerprint density at radius 2 is 1.78 bits per heavy atom. The van der Waals surface area contributed by atoms with E-state index in [0.717, 1.165) is 55.5 Å². The van der Waals surface area contributed by atoms with Crippen molar-refractivity contribution in [2.24, 2.45) is 0 Å². The monoisotopic (exact) mass is 506 g/mol. The molecule has 0 radical (unpaired) electrons. The normalized spacial score (nSPS) is 15.8. The topological polar surface area (TPSA) is 94.0 Å². The van der Waals surface area contributed by atoms with Crippen molar-refractivity contribution < 1.29 is 19.0 Å². The summed E-state index contributed by atoms with van der Waals surface area (Å²) in [4.78, 5) is 17.3. The maximum atomic E-state index is 13.0. The van der Waals surface area contributed by atoms with Gasteiger partial charge in [-0.25, -0.2) is 0 Å². The van der Waals surface area contributed by atoms with Gasteiger partial charge in [-0.05, 0) is 41.8 Å². The van der Waals surface area contributed by atoms with Crippen molar-refractivity contribution in [3.63, 3.8) is 0 Å². The Bertz CT molecular complexity index is 1220. The van der Waals surface area contributed by atoms with Gasteiger partial charge in [0.25, 0.3) is 5.91 Å². The lowest BCUT2D eigenvalue weighted by Gasteiger charge is -2.29. The molecule has 3 heterocycles. The third kappa shape index (κ3) is 5.86. The Morgan fingerprint density at radius 3 is 2.57 bits per heavy atom. The molecule has 1 fully saturated rings. The summed E-state index contributed by atoms with van der Waals surface area (Å²) >= 11 is 0. The average Bonchev–Trinajstić information content (AvgIpc) is 3.42. The van der Waals surface area contributed by atoms with Crippen LogP contribution in [0.25, 0.3) is 0 Å². The summed E-state index contributed by atoms with van der Waals surface area (Å²) in [6, 6.07) is 11.8. The fourth-order valence-corrected chi connectivity index (χ4v) is 4.85. The number of hydrogen-bond donors (Lipinski definition) is 1. The average molecular weight is 507 g/mol. The van der Waals surface area contributed by atoms with Crippen LogP contribution in [0.5, 0.6) is 11.5 Å². The van der Waals surface area contributed by atoms with Crippen molar-refractivity contribution >= 4 is 11.6 Å². The van der Waals surface area contributed by atoms with Crippen LogP contribution >= 0.6 is 0 Å². The second-order valence-electron chi connectivity index (χ2n) is 9.28. The zero-order chi connectivity index (χ0) is 25.6. The van der Waals surface area contributed by atoms with Gasteiger partial charge in [-0.1, -0.05) is 17.3 Å². The van der Waals surface area contributed by atoms with Crippen molar-refractivity contribution in [3.8, 4) is 11.5 Å². The Morgan fingerprint density at radius 1 is 1.03 bits per heavy atom. The lowest BCUT2D eigenvalue weighted by molar-refractivity contribution is 0.0303. The minimum Gasteiger partial charge on any atom is -0.493 e. The summed E-state index contributed by atoms with van der Waals surface area (Å²) in [5.74, 6) is 1.57. The van der Waals surface area contributed by atoms with Gasteiger partial charge in [0.05, 0.1) is 52.3 Å². The zero-order valence-electron chi connectivity index (χ0n) is 21.5. The molecule has 0 aliphatic carbocycles. The molecule has 2 aliphatic heterocycles. The molecule has 1 amide bonds. The maximum absolute atomic E-state index is 13.0. The summed E-state index contributed by atoms with van der Waals surface area (Å²) < 4.78 is 18.2. The number of aromatic nitrogens is 3. The van der Waals surface area contributed by atoms with E-state index in [1.54, 1.807) is 14.2 Å². The smallest absolute Gasteiger partial charge is 0.256 e. The third-order valence-electron chi connectivity index (χ3n) is 6.94. The predicted molar refractivity (Wildman–Crippen MR) is 139 cm³/mol. The minimum absolute atomic E-state index is 0.0224. The second-order valence-corrected chi connectivity index (χ2v) is 9.28. The first kappa shape index (κ1) is 25.0. The number of hydrogen-bond acceptors (Lipinski definition) is 8. The lowest BCUT2D eigenvalue weighted by Crippen LogP contribution is -2.40. The van der Waals surface area contributed by atoms with Gasteiger partial charge in [-0.2, -0.15) is 0 Å². The number of methoxy groups -OCH3 is 2. The highest BCUT2D eigenvalue weighted by molar-refractivity contribution is 5.99. The largest absolute Gasteiger partial charge is 0.493 e. The van der Waals surface area contributed by atoms with Gasteiger partial charge in [0.2, 0.25) is 0 Å². The van der Waals surface area contributed by atoms with Crippen molar-refractivity contribution in [2.45, 2.75) is 26.1 Å². The van der Waals surface area contributed by atoms with Crippen LogP contribution < -0.4 is 14.8 Å². The Labute approximate surface area is 217 Å². The molecule has 0 spiro atoms. The molecule has 0 unspecified atom stereocenters. The molecular weight excluding hydrogens is 472 g/mol. The van der Waals surface area contributed by atoms with Crippen LogP contribution in [0.4, 0.5) is 5.69 Å². The van der Waals surface area contributed by atoms with E-state index in [9.17, 15) is 4.79 Å². The number of anilines is 1. The van der Waals surface area contributed by atoms with Crippen LogP contribution in [0.3, 0.4) is 0 Å². The number of fused-ring (bicyclic) bond motifs is 1. The Balaban J connectivity index is 1.15. The molecule has 1 aromatic heterocycles. The summed E-state index contributed by atoms with van der Waals surface area (Å²) in [7, 11) is 3.34. The Kier molecular flexibility index (Phi) is 7.86. The fourth-order valence-electron chi connectivity index (χ4n) is 4.85. The molecule has 10 nitrogen and oxygen atoms in total. The molecule has 0 atom stereocenters. The van der Waals surface area contributed by atoms with Crippen LogP contribution in [0.15, 0.2) is 42.6 Å². The lowest BCUT2D eigenvalue weighted by atomic mass is 9.99. The van der Waals surface area contributed by atoms with E-state index in [1.807, 2.05) is 40.0 Å². The Hall–Kier alpha value is -3.63. The van der Waals surface area contributed by atoms with Crippen molar-refractivity contribution in [2.75, 3.05) is 58.9 Å². The number of rotatable bonds is 9. The molecule has 2 aliphatic rings. The van der Waals surface area contributed by atoms with Crippen LogP contribution in [0.2, 0.25) is 0 Å². The van der Waals surface area contributed by atoms with Crippen molar-refractivity contribution in [3.05, 3.63) is 65.0 Å². The van der Waals surface area contributed by atoms with E-state index in [4.69, 9.17) is 14.2 Å². The molecule has 0 saturated carbocycles. The molecule has 0 bridgehead atoms. The summed E-state index contributed by atoms with van der Waals surface area (Å²) in [5, 5.41) is 12.0. The zero-order valence-corrected chi connectivity index (χ0v) is 21.5. The number of carbonyl (C=O) groups is 1. The number of nitrogens with one attached hydrogen (secondary N) is 1. The number of benzene rings is 2. The molecule has 1 N–H and O–H groups in total. The molecular formula is C27H34N6O4. The number of amides is 1. The highest BCUT2D eigenvalue weighted by atomic mass is 16.5. The van der Waals surface area contributed by atoms with E-state index in [1.165, 1.54) is 11.1 Å².